The van der Waals surface area contributed by atoms with Crippen molar-refractivity contribution in [1.82, 2.24) is 25.3 Å². The molecule has 2 saturated carbocycles. The third kappa shape index (κ3) is 4.23. The molecule has 2 fully saturated rings. The number of esters is 1. The van der Waals surface area contributed by atoms with Crippen molar-refractivity contribution in [3.8, 4) is 11.4 Å². The standard InChI is InChI=1S/C12H12N6O.C6H10O2.C2H6/c1-5-8(18-19-10(5)6-2-3-6)9-7-11(13)14-4-15-12(7)17-16-9;1-8-6(7)5-3-2-4-5;1-2/h4,6H,2-3H2,1H3,(H3,13,14,15,16,17);5H,2-4H2,1H3;1-2H3. The molecule has 0 unspecified atom stereocenters. The average molecular weight is 400 g/mol. The predicted molar refractivity (Wildman–Crippen MR) is 109 cm³/mol. The molecular formula is C20H28N6O3. The fraction of sp³-hybridized carbons (Fsp3) is 0.550. The molecule has 5 rings (SSSR count). The van der Waals surface area contributed by atoms with Gasteiger partial charge in [-0.25, -0.2) is 9.97 Å². The largest absolute Gasteiger partial charge is 0.469 e. The smallest absolute Gasteiger partial charge is 0.308 e. The van der Waals surface area contributed by atoms with Crippen LogP contribution in [0.25, 0.3) is 22.4 Å². The monoisotopic (exact) mass is 400 g/mol. The Hall–Kier alpha value is -2.97. The molecule has 9 nitrogen and oxygen atoms in total. The van der Waals surface area contributed by atoms with Gasteiger partial charge in [-0.15, -0.1) is 0 Å². The topological polar surface area (TPSA) is 133 Å². The Labute approximate surface area is 169 Å². The molecule has 2 aliphatic rings. The van der Waals surface area contributed by atoms with E-state index in [0.717, 1.165) is 35.6 Å². The van der Waals surface area contributed by atoms with E-state index in [1.165, 1.54) is 32.7 Å². The number of rotatable bonds is 3. The minimum Gasteiger partial charge on any atom is -0.469 e. The van der Waals surface area contributed by atoms with Crippen molar-refractivity contribution in [2.45, 2.75) is 58.8 Å². The van der Waals surface area contributed by atoms with Crippen molar-refractivity contribution in [2.24, 2.45) is 5.92 Å². The first-order valence-electron chi connectivity index (χ1n) is 10.1. The summed E-state index contributed by atoms with van der Waals surface area (Å²) in [6.07, 6.45) is 7.00. The normalized spacial score (nSPS) is 15.6. The second-order valence-electron chi connectivity index (χ2n) is 7.00. The summed E-state index contributed by atoms with van der Waals surface area (Å²) in [4.78, 5) is 18.7. The molecule has 0 radical (unpaired) electrons. The van der Waals surface area contributed by atoms with Gasteiger partial charge in [0, 0.05) is 11.5 Å². The number of carbonyl (C=O) groups excluding carboxylic acids is 1. The highest BCUT2D eigenvalue weighted by molar-refractivity contribution is 5.97. The molecule has 29 heavy (non-hydrogen) atoms. The maximum absolute atomic E-state index is 10.6. The van der Waals surface area contributed by atoms with Gasteiger partial charge in [0.2, 0.25) is 0 Å². The molecule has 3 N–H and O–H groups in total. The number of fused-ring (bicyclic) bond motifs is 1. The molecule has 9 heteroatoms. The van der Waals surface area contributed by atoms with Crippen LogP contribution >= 0.6 is 0 Å². The molecule has 0 amide bonds. The van der Waals surface area contributed by atoms with E-state index in [0.29, 0.717) is 22.8 Å². The van der Waals surface area contributed by atoms with Crippen molar-refractivity contribution in [1.29, 1.82) is 0 Å². The maximum Gasteiger partial charge on any atom is 0.308 e. The Morgan fingerprint density at radius 2 is 1.97 bits per heavy atom. The van der Waals surface area contributed by atoms with E-state index < -0.39 is 0 Å². The number of anilines is 1. The predicted octanol–water partition coefficient (Wildman–Crippen LogP) is 3.76. The lowest BCUT2D eigenvalue weighted by molar-refractivity contribution is -0.148. The van der Waals surface area contributed by atoms with E-state index in [2.05, 4.69) is 30.1 Å². The number of ether oxygens (including phenoxy) is 1. The number of methoxy groups -OCH3 is 1. The Morgan fingerprint density at radius 1 is 1.24 bits per heavy atom. The highest BCUT2D eigenvalue weighted by Crippen LogP contribution is 2.44. The minimum atomic E-state index is -0.0312. The first-order valence-corrected chi connectivity index (χ1v) is 10.1. The van der Waals surface area contributed by atoms with Crippen LogP contribution in [0.15, 0.2) is 10.9 Å². The number of H-pyrrole nitrogens is 1. The molecule has 156 valence electrons. The van der Waals surface area contributed by atoms with E-state index >= 15 is 0 Å². The van der Waals surface area contributed by atoms with E-state index in [1.807, 2.05) is 20.8 Å². The Morgan fingerprint density at radius 3 is 2.52 bits per heavy atom. The number of aromatic nitrogens is 5. The lowest BCUT2D eigenvalue weighted by Gasteiger charge is -2.21. The van der Waals surface area contributed by atoms with Crippen molar-refractivity contribution >= 4 is 22.8 Å². The van der Waals surface area contributed by atoms with Crippen molar-refractivity contribution in [3.05, 3.63) is 17.7 Å². The van der Waals surface area contributed by atoms with Crippen molar-refractivity contribution in [3.63, 3.8) is 0 Å². The van der Waals surface area contributed by atoms with Crippen molar-refractivity contribution < 1.29 is 14.1 Å². The van der Waals surface area contributed by atoms with Crippen LogP contribution in [0.5, 0.6) is 0 Å². The van der Waals surface area contributed by atoms with Gasteiger partial charge in [-0.1, -0.05) is 25.4 Å². The van der Waals surface area contributed by atoms with E-state index in [1.54, 1.807) is 0 Å². The zero-order valence-corrected chi connectivity index (χ0v) is 17.4. The highest BCUT2D eigenvalue weighted by atomic mass is 16.5. The van der Waals surface area contributed by atoms with Gasteiger partial charge in [0.1, 0.15) is 29.3 Å². The summed E-state index contributed by atoms with van der Waals surface area (Å²) >= 11 is 0. The van der Waals surface area contributed by atoms with Gasteiger partial charge >= 0.3 is 5.97 Å². The van der Waals surface area contributed by atoms with E-state index in [-0.39, 0.29) is 11.9 Å². The summed E-state index contributed by atoms with van der Waals surface area (Å²) in [5.74, 6) is 2.08. The molecule has 0 saturated heterocycles. The number of nitrogens with zero attached hydrogens (tertiary/aromatic N) is 4. The van der Waals surface area contributed by atoms with Gasteiger partial charge in [-0.2, -0.15) is 5.10 Å². The number of aromatic amines is 1. The minimum absolute atomic E-state index is 0.0312. The Kier molecular flexibility index (Phi) is 6.46. The quantitative estimate of drug-likeness (QED) is 0.635. The molecule has 0 atom stereocenters. The third-order valence-corrected chi connectivity index (χ3v) is 5.16. The molecule has 0 bridgehead atoms. The lowest BCUT2D eigenvalue weighted by Crippen LogP contribution is -2.22. The summed E-state index contributed by atoms with van der Waals surface area (Å²) in [5.41, 5.74) is 8.94. The number of nitrogens with one attached hydrogen (secondary N) is 1. The van der Waals surface area contributed by atoms with Crippen LogP contribution in [0, 0.1) is 12.8 Å². The van der Waals surface area contributed by atoms with Crippen molar-refractivity contribution in [2.75, 3.05) is 12.8 Å². The second-order valence-corrected chi connectivity index (χ2v) is 7.00. The van der Waals surface area contributed by atoms with Crippen LogP contribution in [-0.4, -0.2) is 38.4 Å². The third-order valence-electron chi connectivity index (χ3n) is 5.16. The molecule has 3 aromatic rings. The Bertz CT molecular complexity index is 972. The molecule has 0 aliphatic heterocycles. The van der Waals surface area contributed by atoms with Gasteiger partial charge in [0.15, 0.2) is 5.65 Å². The van der Waals surface area contributed by atoms with Gasteiger partial charge < -0.3 is 15.0 Å². The van der Waals surface area contributed by atoms with Crippen LogP contribution in [0.2, 0.25) is 0 Å². The maximum atomic E-state index is 10.6. The number of nitrogen functional groups attached to an aromatic ring is 1. The Balaban J connectivity index is 0.000000203. The number of hydrogen-bond donors (Lipinski definition) is 2. The average Bonchev–Trinajstić information content (AvgIpc) is 3.33. The van der Waals surface area contributed by atoms with E-state index in [9.17, 15) is 4.79 Å². The molecule has 2 aliphatic carbocycles. The SMILES string of the molecule is CC.COC(=O)C1CCC1.Cc1c(-c2[nH]nc3ncnc(N)c23)noc1C1CC1. The molecule has 0 spiro atoms. The zero-order valence-electron chi connectivity index (χ0n) is 17.4. The molecule has 0 aromatic carbocycles. The molecule has 3 aromatic heterocycles. The fourth-order valence-electron chi connectivity index (χ4n) is 3.17. The van der Waals surface area contributed by atoms with Gasteiger partial charge in [0.25, 0.3) is 0 Å². The zero-order chi connectivity index (χ0) is 21.0. The van der Waals surface area contributed by atoms with Crippen LogP contribution in [0.4, 0.5) is 5.82 Å². The van der Waals surface area contributed by atoms with Gasteiger partial charge in [-0.3, -0.25) is 9.89 Å². The molecule has 3 heterocycles. The highest BCUT2D eigenvalue weighted by Gasteiger charge is 2.32. The summed E-state index contributed by atoms with van der Waals surface area (Å²) in [7, 11) is 1.45. The van der Waals surface area contributed by atoms with Gasteiger partial charge in [-0.05, 0) is 32.6 Å². The van der Waals surface area contributed by atoms with Crippen LogP contribution in [-0.2, 0) is 9.53 Å². The fourth-order valence-corrected chi connectivity index (χ4v) is 3.17. The first-order chi connectivity index (χ1) is 14.1. The van der Waals surface area contributed by atoms with Crippen LogP contribution in [0.3, 0.4) is 0 Å². The lowest BCUT2D eigenvalue weighted by atomic mass is 9.86. The van der Waals surface area contributed by atoms with Gasteiger partial charge in [0.05, 0.1) is 18.4 Å². The van der Waals surface area contributed by atoms with Crippen LogP contribution < -0.4 is 5.73 Å². The number of nitrogens with two attached hydrogens (primary N) is 1. The number of carbonyl (C=O) groups is 1. The molecular weight excluding hydrogens is 372 g/mol. The summed E-state index contributed by atoms with van der Waals surface area (Å²) in [5, 5.41) is 11.9. The first kappa shape index (κ1) is 20.8. The number of hydrogen-bond acceptors (Lipinski definition) is 8. The summed E-state index contributed by atoms with van der Waals surface area (Å²) < 4.78 is 9.97. The summed E-state index contributed by atoms with van der Waals surface area (Å²) in [6.45, 7) is 6.01. The van der Waals surface area contributed by atoms with Crippen LogP contribution in [0.1, 0.15) is 63.2 Å². The second kappa shape index (κ2) is 9.02. The summed E-state index contributed by atoms with van der Waals surface area (Å²) in [6, 6.07) is 0. The van der Waals surface area contributed by atoms with E-state index in [4.69, 9.17) is 10.3 Å².